The van der Waals surface area contributed by atoms with Crippen molar-refractivity contribution in [3.63, 3.8) is 0 Å². The molecule has 2 aromatic rings. The zero-order valence-corrected chi connectivity index (χ0v) is 11.3. The van der Waals surface area contributed by atoms with Gasteiger partial charge in [-0.2, -0.15) is 13.2 Å². The van der Waals surface area contributed by atoms with Crippen LogP contribution in [0.2, 0.25) is 0 Å². The van der Waals surface area contributed by atoms with Crippen molar-refractivity contribution >= 4 is 22.6 Å². The third-order valence-electron chi connectivity index (χ3n) is 2.49. The number of fused-ring (bicyclic) bond motifs is 1. The van der Waals surface area contributed by atoms with Crippen LogP contribution in [0.4, 0.5) is 18.9 Å². The van der Waals surface area contributed by atoms with Crippen molar-refractivity contribution in [1.29, 1.82) is 0 Å². The predicted octanol–water partition coefficient (Wildman–Crippen LogP) is 2.49. The number of hydrogen-bond donors (Lipinski definition) is 2. The zero-order valence-electron chi connectivity index (χ0n) is 11.3. The Bertz CT molecular complexity index is 651. The number of nitrogens with zero attached hydrogens (tertiary/aromatic N) is 2. The molecule has 2 aromatic heterocycles. The van der Waals surface area contributed by atoms with E-state index in [4.69, 9.17) is 4.74 Å². The Labute approximate surface area is 117 Å². The number of anilines is 1. The molecule has 0 bridgehead atoms. The Balaban J connectivity index is 2.34. The summed E-state index contributed by atoms with van der Waals surface area (Å²) >= 11 is 0. The van der Waals surface area contributed by atoms with Gasteiger partial charge in [-0.25, -0.2) is 9.97 Å². The largest absolute Gasteiger partial charge is 0.477 e. The average Bonchev–Trinajstić information content (AvgIpc) is 2.79. The van der Waals surface area contributed by atoms with Gasteiger partial charge in [0.15, 0.2) is 0 Å². The molecule has 0 aliphatic carbocycles. The predicted molar refractivity (Wildman–Crippen MR) is 68.9 cm³/mol. The highest BCUT2D eigenvalue weighted by Gasteiger charge is 2.39. The molecule has 0 radical (unpaired) electrons. The molecule has 0 fully saturated rings. The lowest BCUT2D eigenvalue weighted by molar-refractivity contribution is -0.167. The van der Waals surface area contributed by atoms with Gasteiger partial charge >= 0.3 is 12.1 Å². The molecular formula is C12H13F3N4O2. The minimum atomic E-state index is -4.97. The van der Waals surface area contributed by atoms with E-state index in [2.05, 4.69) is 15.0 Å². The van der Waals surface area contributed by atoms with E-state index in [1.165, 1.54) is 12.5 Å². The minimum Gasteiger partial charge on any atom is -0.477 e. The third kappa shape index (κ3) is 3.41. The fraction of sp³-hybridized carbons (Fsp3) is 0.417. The van der Waals surface area contributed by atoms with Gasteiger partial charge < -0.3 is 15.0 Å². The van der Waals surface area contributed by atoms with Gasteiger partial charge in [0, 0.05) is 6.20 Å². The lowest BCUT2D eigenvalue weighted by Crippen LogP contribution is -2.29. The highest BCUT2D eigenvalue weighted by Crippen LogP contribution is 2.30. The van der Waals surface area contributed by atoms with Crippen LogP contribution in [0.15, 0.2) is 12.5 Å². The van der Waals surface area contributed by atoms with Crippen molar-refractivity contribution in [2.75, 3.05) is 11.9 Å². The topological polar surface area (TPSA) is 79.9 Å². The number of carbonyl (C=O) groups excluding carboxylic acids is 1. The second-order valence-electron chi connectivity index (χ2n) is 4.76. The lowest BCUT2D eigenvalue weighted by Gasteiger charge is -2.10. The van der Waals surface area contributed by atoms with E-state index in [1.54, 1.807) is 5.32 Å². The fourth-order valence-electron chi connectivity index (χ4n) is 1.58. The van der Waals surface area contributed by atoms with Gasteiger partial charge in [0.25, 0.3) is 0 Å². The van der Waals surface area contributed by atoms with Gasteiger partial charge in [0.1, 0.15) is 17.4 Å². The Morgan fingerprint density at radius 1 is 1.43 bits per heavy atom. The summed E-state index contributed by atoms with van der Waals surface area (Å²) in [6.45, 7) is 4.17. The number of aromatic amines is 1. The van der Waals surface area contributed by atoms with Crippen LogP contribution in [-0.2, 0) is 4.79 Å². The van der Waals surface area contributed by atoms with Gasteiger partial charge in [0.05, 0.1) is 12.3 Å². The number of alkyl halides is 3. The quantitative estimate of drug-likeness (QED) is 0.909. The molecule has 0 unspecified atom stereocenters. The molecule has 0 aromatic carbocycles. The maximum absolute atomic E-state index is 12.3. The maximum atomic E-state index is 12.3. The first-order chi connectivity index (χ1) is 9.79. The Kier molecular flexibility index (Phi) is 4.01. The monoisotopic (exact) mass is 302 g/mol. The molecule has 21 heavy (non-hydrogen) atoms. The van der Waals surface area contributed by atoms with Crippen molar-refractivity contribution in [2.45, 2.75) is 20.0 Å². The highest BCUT2D eigenvalue weighted by atomic mass is 19.4. The summed E-state index contributed by atoms with van der Waals surface area (Å²) < 4.78 is 42.4. The number of nitrogens with one attached hydrogen (secondary N) is 2. The summed E-state index contributed by atoms with van der Waals surface area (Å²) in [4.78, 5) is 21.5. The summed E-state index contributed by atoms with van der Waals surface area (Å²) in [6.07, 6.45) is -2.53. The lowest BCUT2D eigenvalue weighted by atomic mass is 10.2. The van der Waals surface area contributed by atoms with Crippen molar-refractivity contribution < 1.29 is 22.7 Å². The number of rotatable bonds is 4. The standard InChI is InChI=1S/C12H13F3N4O2/c1-6(2)4-21-10-8-7(19-11(20)12(13,14)15)3-16-9(8)17-5-18-10/h3,5-6H,4H2,1-2H3,(H,19,20)(H,16,17,18). The van der Waals surface area contributed by atoms with Gasteiger partial charge in [0.2, 0.25) is 5.88 Å². The number of H-pyrrole nitrogens is 1. The number of carbonyl (C=O) groups is 1. The van der Waals surface area contributed by atoms with Crippen LogP contribution in [0.5, 0.6) is 5.88 Å². The van der Waals surface area contributed by atoms with E-state index < -0.39 is 12.1 Å². The van der Waals surface area contributed by atoms with E-state index in [0.29, 0.717) is 6.61 Å². The smallest absolute Gasteiger partial charge is 0.471 e. The first-order valence-corrected chi connectivity index (χ1v) is 6.12. The SMILES string of the molecule is CC(C)COc1ncnc2[nH]cc(NC(=O)C(F)(F)F)c12. The summed E-state index contributed by atoms with van der Waals surface area (Å²) in [5.41, 5.74) is 0.202. The van der Waals surface area contributed by atoms with E-state index >= 15 is 0 Å². The maximum Gasteiger partial charge on any atom is 0.471 e. The van der Waals surface area contributed by atoms with Gasteiger partial charge in [-0.05, 0) is 5.92 Å². The van der Waals surface area contributed by atoms with E-state index in [-0.39, 0.29) is 28.5 Å². The number of aromatic nitrogens is 3. The Hall–Kier alpha value is -2.32. The first kappa shape index (κ1) is 15.1. The van der Waals surface area contributed by atoms with Crippen LogP contribution in [0.1, 0.15) is 13.8 Å². The molecule has 0 spiro atoms. The van der Waals surface area contributed by atoms with Gasteiger partial charge in [-0.1, -0.05) is 13.8 Å². The summed E-state index contributed by atoms with van der Waals surface area (Å²) in [5.74, 6) is -1.74. The molecule has 9 heteroatoms. The van der Waals surface area contributed by atoms with Crippen LogP contribution >= 0.6 is 0 Å². The second-order valence-corrected chi connectivity index (χ2v) is 4.76. The van der Waals surface area contributed by atoms with Crippen molar-refractivity contribution in [2.24, 2.45) is 5.92 Å². The van der Waals surface area contributed by atoms with Crippen LogP contribution in [0.3, 0.4) is 0 Å². The van der Waals surface area contributed by atoms with E-state index in [1.807, 2.05) is 13.8 Å². The minimum absolute atomic E-state index is 0.0771. The van der Waals surface area contributed by atoms with E-state index in [0.717, 1.165) is 0 Å². The van der Waals surface area contributed by atoms with E-state index in [9.17, 15) is 18.0 Å². The molecule has 0 saturated carbocycles. The molecule has 0 aliphatic heterocycles. The first-order valence-electron chi connectivity index (χ1n) is 6.12. The van der Waals surface area contributed by atoms with Crippen LogP contribution in [0, 0.1) is 5.92 Å². The van der Waals surface area contributed by atoms with Crippen LogP contribution in [-0.4, -0.2) is 33.6 Å². The molecule has 0 aliphatic rings. The summed E-state index contributed by atoms with van der Waals surface area (Å²) in [6, 6.07) is 0. The number of amides is 1. The molecule has 0 atom stereocenters. The van der Waals surface area contributed by atoms with Gasteiger partial charge in [-0.15, -0.1) is 0 Å². The number of halogens is 3. The molecule has 6 nitrogen and oxygen atoms in total. The van der Waals surface area contributed by atoms with Crippen molar-refractivity contribution in [3.05, 3.63) is 12.5 Å². The summed E-state index contributed by atoms with van der Waals surface area (Å²) in [5, 5.41) is 1.98. The second kappa shape index (κ2) is 5.58. The van der Waals surface area contributed by atoms with Crippen LogP contribution < -0.4 is 10.1 Å². The van der Waals surface area contributed by atoms with Crippen molar-refractivity contribution in [3.8, 4) is 5.88 Å². The molecule has 0 saturated heterocycles. The zero-order chi connectivity index (χ0) is 15.6. The molecule has 114 valence electrons. The normalized spacial score (nSPS) is 11.9. The molecular weight excluding hydrogens is 289 g/mol. The highest BCUT2D eigenvalue weighted by molar-refractivity contribution is 6.04. The molecule has 2 N–H and O–H groups in total. The van der Waals surface area contributed by atoms with Gasteiger partial charge in [-0.3, -0.25) is 4.79 Å². The Morgan fingerprint density at radius 2 is 2.14 bits per heavy atom. The third-order valence-corrected chi connectivity index (χ3v) is 2.49. The molecule has 1 amide bonds. The summed E-state index contributed by atoms with van der Waals surface area (Å²) in [7, 11) is 0. The molecule has 2 rings (SSSR count). The number of hydrogen-bond acceptors (Lipinski definition) is 4. The average molecular weight is 302 g/mol. The molecule has 2 heterocycles. The Morgan fingerprint density at radius 3 is 2.76 bits per heavy atom. The van der Waals surface area contributed by atoms with Crippen molar-refractivity contribution in [1.82, 2.24) is 15.0 Å². The fourth-order valence-corrected chi connectivity index (χ4v) is 1.58. The number of ether oxygens (including phenoxy) is 1. The van der Waals surface area contributed by atoms with Crippen LogP contribution in [0.25, 0.3) is 11.0 Å².